The molecule has 3 aromatic rings. The van der Waals surface area contributed by atoms with Crippen LogP contribution in [0.4, 0.5) is 0 Å². The zero-order valence-corrected chi connectivity index (χ0v) is 13.7. The Morgan fingerprint density at radius 3 is 2.52 bits per heavy atom. The first-order valence-corrected chi connectivity index (χ1v) is 7.68. The third-order valence-electron chi connectivity index (χ3n) is 3.61. The highest BCUT2D eigenvalue weighted by Gasteiger charge is 2.16. The van der Waals surface area contributed by atoms with Gasteiger partial charge in [0, 0.05) is 10.7 Å². The lowest BCUT2D eigenvalue weighted by molar-refractivity contribution is 0.882. The van der Waals surface area contributed by atoms with Gasteiger partial charge in [0.2, 0.25) is 0 Å². The summed E-state index contributed by atoms with van der Waals surface area (Å²) in [5.41, 5.74) is 5.22. The minimum atomic E-state index is -0.183. The van der Waals surface area contributed by atoms with Gasteiger partial charge in [0.15, 0.2) is 0 Å². The number of nitrogens with zero attached hydrogens (tertiary/aromatic N) is 2. The number of aryl methyl sites for hydroxylation is 2. The largest absolute Gasteiger partial charge is 0.295 e. The summed E-state index contributed by atoms with van der Waals surface area (Å²) in [7, 11) is 0. The number of benzene rings is 2. The normalized spacial score (nSPS) is 12.8. The second-order valence-corrected chi connectivity index (χ2v) is 6.41. The Bertz CT molecular complexity index is 819. The maximum Gasteiger partial charge on any atom is 0.132 e. The van der Waals surface area contributed by atoms with Gasteiger partial charge in [-0.05, 0) is 56.2 Å². The van der Waals surface area contributed by atoms with E-state index in [9.17, 15) is 0 Å². The highest BCUT2D eigenvalue weighted by Crippen LogP contribution is 2.30. The van der Waals surface area contributed by atoms with Gasteiger partial charge in [0.1, 0.15) is 5.82 Å². The highest BCUT2D eigenvalue weighted by molar-refractivity contribution is 6.31. The van der Waals surface area contributed by atoms with Crippen molar-refractivity contribution in [1.82, 2.24) is 9.55 Å². The maximum atomic E-state index is 6.32. The second kappa shape index (κ2) is 5.36. The molecule has 0 spiro atoms. The molecule has 108 valence electrons. The topological polar surface area (TPSA) is 17.8 Å². The molecule has 1 aromatic heterocycles. The fraction of sp³-hybridized carbons (Fsp3) is 0.235. The summed E-state index contributed by atoms with van der Waals surface area (Å²) in [6.07, 6.45) is 0. The van der Waals surface area contributed by atoms with E-state index in [4.69, 9.17) is 23.2 Å². The lowest BCUT2D eigenvalue weighted by Crippen LogP contribution is -2.02. The van der Waals surface area contributed by atoms with Gasteiger partial charge in [-0.15, -0.1) is 11.6 Å². The fourth-order valence-corrected chi connectivity index (χ4v) is 2.79. The van der Waals surface area contributed by atoms with E-state index in [0.29, 0.717) is 0 Å². The molecule has 0 fully saturated rings. The standard InChI is InChI=1S/C17H16Cl2N2/c1-10-4-7-16-15(8-10)20-17(12(3)18)21(16)13-6-5-11(2)14(19)9-13/h4-9,12H,1-3H3. The molecular formula is C17H16Cl2N2. The van der Waals surface area contributed by atoms with Crippen molar-refractivity contribution in [1.29, 1.82) is 0 Å². The van der Waals surface area contributed by atoms with Crippen LogP contribution >= 0.6 is 23.2 Å². The molecule has 0 N–H and O–H groups in total. The number of hydrogen-bond donors (Lipinski definition) is 0. The van der Waals surface area contributed by atoms with Crippen molar-refractivity contribution in [3.8, 4) is 5.69 Å². The van der Waals surface area contributed by atoms with Gasteiger partial charge in [-0.2, -0.15) is 0 Å². The van der Waals surface area contributed by atoms with Gasteiger partial charge in [0.25, 0.3) is 0 Å². The number of fused-ring (bicyclic) bond motifs is 1. The van der Waals surface area contributed by atoms with Gasteiger partial charge in [-0.1, -0.05) is 23.7 Å². The number of imidazole rings is 1. The Kier molecular flexibility index (Phi) is 3.68. The van der Waals surface area contributed by atoms with Crippen LogP contribution in [0, 0.1) is 13.8 Å². The molecule has 0 saturated heterocycles. The van der Waals surface area contributed by atoms with Gasteiger partial charge in [-0.3, -0.25) is 4.57 Å². The quantitative estimate of drug-likeness (QED) is 0.563. The van der Waals surface area contributed by atoms with Crippen LogP contribution in [0.15, 0.2) is 36.4 Å². The monoisotopic (exact) mass is 318 g/mol. The molecule has 0 aliphatic rings. The van der Waals surface area contributed by atoms with Crippen LogP contribution in [0.25, 0.3) is 16.7 Å². The molecule has 0 saturated carbocycles. The van der Waals surface area contributed by atoms with Crippen LogP contribution in [0.2, 0.25) is 5.02 Å². The van der Waals surface area contributed by atoms with Crippen molar-refractivity contribution >= 4 is 34.2 Å². The molecule has 3 rings (SSSR count). The Balaban J connectivity index is 2.33. The van der Waals surface area contributed by atoms with E-state index in [1.807, 2.05) is 32.0 Å². The number of halogens is 2. The van der Waals surface area contributed by atoms with E-state index < -0.39 is 0 Å². The van der Waals surface area contributed by atoms with Crippen LogP contribution < -0.4 is 0 Å². The molecule has 1 heterocycles. The zero-order valence-electron chi connectivity index (χ0n) is 12.2. The van der Waals surface area contributed by atoms with Crippen molar-refractivity contribution in [3.63, 3.8) is 0 Å². The van der Waals surface area contributed by atoms with E-state index in [-0.39, 0.29) is 5.38 Å². The van der Waals surface area contributed by atoms with Crippen molar-refractivity contribution in [2.45, 2.75) is 26.1 Å². The van der Waals surface area contributed by atoms with Crippen molar-refractivity contribution in [2.75, 3.05) is 0 Å². The van der Waals surface area contributed by atoms with E-state index in [1.165, 1.54) is 5.56 Å². The van der Waals surface area contributed by atoms with Gasteiger partial charge < -0.3 is 0 Å². The molecule has 0 bridgehead atoms. The minimum Gasteiger partial charge on any atom is -0.295 e. The molecule has 1 unspecified atom stereocenters. The van der Waals surface area contributed by atoms with E-state index in [1.54, 1.807) is 0 Å². The first-order chi connectivity index (χ1) is 9.97. The molecule has 4 heteroatoms. The maximum absolute atomic E-state index is 6.32. The first-order valence-electron chi connectivity index (χ1n) is 6.87. The minimum absolute atomic E-state index is 0.183. The Morgan fingerprint density at radius 2 is 1.86 bits per heavy atom. The van der Waals surface area contributed by atoms with E-state index in [0.717, 1.165) is 33.1 Å². The number of aromatic nitrogens is 2. The summed E-state index contributed by atoms with van der Waals surface area (Å²) in [6.45, 7) is 5.99. The van der Waals surface area contributed by atoms with Crippen LogP contribution in [0.1, 0.15) is 29.3 Å². The second-order valence-electron chi connectivity index (χ2n) is 5.35. The zero-order chi connectivity index (χ0) is 15.1. The van der Waals surface area contributed by atoms with Gasteiger partial charge in [-0.25, -0.2) is 4.98 Å². The third-order valence-corrected chi connectivity index (χ3v) is 4.21. The van der Waals surface area contributed by atoms with Crippen LogP contribution in [-0.4, -0.2) is 9.55 Å². The molecule has 0 aliphatic heterocycles. The van der Waals surface area contributed by atoms with Crippen molar-refractivity contribution in [2.24, 2.45) is 0 Å². The molecular weight excluding hydrogens is 303 g/mol. The van der Waals surface area contributed by atoms with E-state index >= 15 is 0 Å². The smallest absolute Gasteiger partial charge is 0.132 e. The average Bonchev–Trinajstić information content (AvgIpc) is 2.80. The fourth-order valence-electron chi connectivity index (χ4n) is 2.47. The summed E-state index contributed by atoms with van der Waals surface area (Å²) in [4.78, 5) is 4.69. The summed E-state index contributed by atoms with van der Waals surface area (Å²) in [5, 5.41) is 0.562. The number of alkyl halides is 1. The number of hydrogen-bond acceptors (Lipinski definition) is 1. The lowest BCUT2D eigenvalue weighted by Gasteiger charge is -2.12. The van der Waals surface area contributed by atoms with Gasteiger partial charge in [0.05, 0.1) is 16.4 Å². The third kappa shape index (κ3) is 2.54. The summed E-state index contributed by atoms with van der Waals surface area (Å²) in [5.74, 6) is 0.831. The highest BCUT2D eigenvalue weighted by atomic mass is 35.5. The Hall–Kier alpha value is -1.51. The lowest BCUT2D eigenvalue weighted by atomic mass is 10.2. The Morgan fingerprint density at radius 1 is 1.10 bits per heavy atom. The molecule has 0 aliphatic carbocycles. The summed E-state index contributed by atoms with van der Waals surface area (Å²) in [6, 6.07) is 12.3. The van der Waals surface area contributed by atoms with E-state index in [2.05, 4.69) is 34.7 Å². The molecule has 0 amide bonds. The Labute approximate surface area is 134 Å². The van der Waals surface area contributed by atoms with Crippen molar-refractivity contribution in [3.05, 3.63) is 58.4 Å². The SMILES string of the molecule is Cc1ccc2c(c1)nc(C(C)Cl)n2-c1ccc(C)c(Cl)c1. The molecule has 2 nitrogen and oxygen atoms in total. The van der Waals surface area contributed by atoms with Crippen molar-refractivity contribution < 1.29 is 0 Å². The summed E-state index contributed by atoms with van der Waals surface area (Å²) >= 11 is 12.6. The predicted molar refractivity (Wildman–Crippen MR) is 89.8 cm³/mol. The molecule has 0 radical (unpaired) electrons. The number of rotatable bonds is 2. The molecule has 2 aromatic carbocycles. The summed E-state index contributed by atoms with van der Waals surface area (Å²) < 4.78 is 2.08. The predicted octanol–water partition coefficient (Wildman–Crippen LogP) is 5.60. The average molecular weight is 319 g/mol. The first kappa shape index (κ1) is 14.4. The van der Waals surface area contributed by atoms with Crippen LogP contribution in [0.5, 0.6) is 0 Å². The van der Waals surface area contributed by atoms with Gasteiger partial charge >= 0.3 is 0 Å². The van der Waals surface area contributed by atoms with Crippen LogP contribution in [0.3, 0.4) is 0 Å². The van der Waals surface area contributed by atoms with Crippen LogP contribution in [-0.2, 0) is 0 Å². The molecule has 21 heavy (non-hydrogen) atoms. The molecule has 1 atom stereocenters.